The maximum Gasteiger partial charge on any atom is 0.354 e. The highest BCUT2D eigenvalue weighted by Crippen LogP contribution is 2.45. The molecule has 0 amide bonds. The average Bonchev–Trinajstić information content (AvgIpc) is 2.43. The van der Waals surface area contributed by atoms with Crippen LogP contribution in [0.5, 0.6) is 0 Å². The molecule has 0 spiro atoms. The van der Waals surface area contributed by atoms with Gasteiger partial charge in [0.15, 0.2) is 6.10 Å². The number of fused-ring (bicyclic) bond motifs is 3. The number of unbranched alkanes of at least 4 members (excludes halogenated alkanes) is 1. The number of hydrogen-bond donors (Lipinski definition) is 0. The van der Waals surface area contributed by atoms with Gasteiger partial charge in [-0.05, 0) is 33.1 Å². The fourth-order valence-electron chi connectivity index (χ4n) is 2.39. The van der Waals surface area contributed by atoms with Crippen LogP contribution in [-0.4, -0.2) is 25.3 Å². The molecule has 3 heterocycles. The quantitative estimate of drug-likeness (QED) is 0.744. The van der Waals surface area contributed by atoms with Gasteiger partial charge in [0.05, 0.1) is 24.7 Å². The van der Waals surface area contributed by atoms with E-state index in [2.05, 4.69) is 24.8 Å². The molecule has 4 heteroatoms. The summed E-state index contributed by atoms with van der Waals surface area (Å²) in [7, 11) is 0. The van der Waals surface area contributed by atoms with Crippen LogP contribution in [-0.2, 0) is 14.2 Å². The van der Waals surface area contributed by atoms with Crippen LogP contribution < -0.4 is 0 Å². The molecule has 4 nitrogen and oxygen atoms in total. The van der Waals surface area contributed by atoms with Crippen molar-refractivity contribution in [2.45, 2.75) is 59.0 Å². The third-order valence-electron chi connectivity index (χ3n) is 3.66. The topological polar surface area (TPSA) is 51.5 Å². The summed E-state index contributed by atoms with van der Waals surface area (Å²) in [6.45, 7) is 9.11. The van der Waals surface area contributed by atoms with Gasteiger partial charge in [-0.15, -0.1) is 0 Å². The van der Waals surface area contributed by atoms with Crippen LogP contribution in [0.3, 0.4) is 0 Å². The smallest absolute Gasteiger partial charge is 0.316 e. The van der Waals surface area contributed by atoms with E-state index in [1.807, 2.05) is 20.8 Å². The van der Waals surface area contributed by atoms with E-state index in [-0.39, 0.29) is 10.8 Å². The summed E-state index contributed by atoms with van der Waals surface area (Å²) < 4.78 is 17.2. The zero-order valence-electron chi connectivity index (χ0n) is 12.8. The molecule has 0 aromatic rings. The summed E-state index contributed by atoms with van der Waals surface area (Å²) in [4.78, 5) is 0. The van der Waals surface area contributed by atoms with Crippen molar-refractivity contribution in [1.82, 2.24) is 0 Å². The lowest BCUT2D eigenvalue weighted by Crippen LogP contribution is -2.63. The second kappa shape index (κ2) is 5.37. The van der Waals surface area contributed by atoms with Crippen molar-refractivity contribution >= 4 is 0 Å². The van der Waals surface area contributed by atoms with Gasteiger partial charge >= 0.3 is 5.97 Å². The summed E-state index contributed by atoms with van der Waals surface area (Å²) in [5.41, 5.74) is -0.503. The third-order valence-corrected chi connectivity index (χ3v) is 3.66. The van der Waals surface area contributed by atoms with Crippen LogP contribution in [0.1, 0.15) is 47.0 Å². The predicted molar refractivity (Wildman–Crippen MR) is 74.3 cm³/mol. The zero-order chi connectivity index (χ0) is 14.9. The maximum atomic E-state index is 9.39. The first-order valence-electron chi connectivity index (χ1n) is 7.24. The van der Waals surface area contributed by atoms with Gasteiger partial charge in [-0.25, -0.2) is 0 Å². The summed E-state index contributed by atoms with van der Waals surface area (Å²) in [6.07, 6.45) is 2.49. The van der Waals surface area contributed by atoms with Gasteiger partial charge in [0.1, 0.15) is 0 Å². The Labute approximate surface area is 121 Å². The number of ether oxygens (including phenoxy) is 3. The Bertz CT molecular complexity index is 453. The Morgan fingerprint density at radius 3 is 2.40 bits per heavy atom. The highest BCUT2D eigenvalue weighted by molar-refractivity contribution is 5.17. The fourth-order valence-corrected chi connectivity index (χ4v) is 2.39. The minimum absolute atomic E-state index is 0.166. The molecule has 2 bridgehead atoms. The Hall–Kier alpha value is -1.07. The molecule has 1 unspecified atom stereocenters. The Balaban J connectivity index is 2.18. The van der Waals surface area contributed by atoms with Gasteiger partial charge in [0.2, 0.25) is 0 Å². The van der Waals surface area contributed by atoms with Crippen LogP contribution >= 0.6 is 0 Å². The standard InChI is InChI=1S/C16H23NO3/c1-5-6-7-15-11-18-16(19-12-15,20-13(15)10-17)9-8-14(2,3)4/h13H,5-7,11-12H2,1-4H3. The van der Waals surface area contributed by atoms with E-state index in [0.717, 1.165) is 19.3 Å². The molecular formula is C16H23NO3. The third kappa shape index (κ3) is 2.99. The first-order chi connectivity index (χ1) is 9.35. The molecule has 0 saturated carbocycles. The monoisotopic (exact) mass is 277 g/mol. The van der Waals surface area contributed by atoms with E-state index in [1.54, 1.807) is 0 Å². The minimum atomic E-state index is -1.35. The van der Waals surface area contributed by atoms with Crippen LogP contribution in [0.15, 0.2) is 0 Å². The molecule has 0 aliphatic carbocycles. The fraction of sp³-hybridized carbons (Fsp3) is 0.812. The summed E-state index contributed by atoms with van der Waals surface area (Å²) in [6, 6.07) is 2.26. The first kappa shape index (κ1) is 15.3. The Morgan fingerprint density at radius 2 is 1.90 bits per heavy atom. The van der Waals surface area contributed by atoms with Crippen LogP contribution in [0.2, 0.25) is 0 Å². The van der Waals surface area contributed by atoms with E-state index in [9.17, 15) is 5.26 Å². The predicted octanol–water partition coefficient (Wildman–Crippen LogP) is 2.84. The molecule has 3 fully saturated rings. The van der Waals surface area contributed by atoms with Crippen molar-refractivity contribution in [2.75, 3.05) is 13.2 Å². The largest absolute Gasteiger partial charge is 0.354 e. The summed E-state index contributed by atoms with van der Waals surface area (Å²) >= 11 is 0. The molecule has 3 saturated heterocycles. The van der Waals surface area contributed by atoms with E-state index in [0.29, 0.717) is 13.2 Å². The maximum absolute atomic E-state index is 9.39. The lowest BCUT2D eigenvalue weighted by Gasteiger charge is -2.52. The van der Waals surface area contributed by atoms with Gasteiger partial charge in [-0.1, -0.05) is 25.7 Å². The van der Waals surface area contributed by atoms with E-state index in [1.165, 1.54) is 0 Å². The van der Waals surface area contributed by atoms with E-state index < -0.39 is 12.1 Å². The van der Waals surface area contributed by atoms with Crippen molar-refractivity contribution in [1.29, 1.82) is 5.26 Å². The SMILES string of the molecule is CCCCC12COC(C#CC(C)(C)C)(OC1)OC2C#N. The van der Waals surface area contributed by atoms with Crippen LogP contribution in [0.25, 0.3) is 0 Å². The first-order valence-corrected chi connectivity index (χ1v) is 7.24. The number of nitrogens with zero attached hydrogens (tertiary/aromatic N) is 1. The normalized spacial score (nSPS) is 36.0. The zero-order valence-corrected chi connectivity index (χ0v) is 12.8. The molecule has 1 atom stereocenters. The number of nitriles is 1. The van der Waals surface area contributed by atoms with Gasteiger partial charge in [-0.2, -0.15) is 5.26 Å². The van der Waals surface area contributed by atoms with Crippen molar-refractivity contribution in [3.05, 3.63) is 0 Å². The van der Waals surface area contributed by atoms with Crippen molar-refractivity contribution in [2.24, 2.45) is 10.8 Å². The molecule has 0 N–H and O–H groups in total. The summed E-state index contributed by atoms with van der Waals surface area (Å²) in [5.74, 6) is 4.66. The molecule has 3 rings (SSSR count). The number of rotatable bonds is 3. The average molecular weight is 277 g/mol. The molecule has 3 aliphatic rings. The summed E-state index contributed by atoms with van der Waals surface area (Å²) in [5, 5.41) is 9.39. The van der Waals surface area contributed by atoms with Crippen LogP contribution in [0, 0.1) is 34.0 Å². The highest BCUT2D eigenvalue weighted by Gasteiger charge is 2.58. The molecule has 0 radical (unpaired) electrons. The molecule has 0 aromatic carbocycles. The highest BCUT2D eigenvalue weighted by atomic mass is 16.9. The van der Waals surface area contributed by atoms with E-state index >= 15 is 0 Å². The van der Waals surface area contributed by atoms with E-state index in [4.69, 9.17) is 14.2 Å². The minimum Gasteiger partial charge on any atom is -0.316 e. The number of hydrogen-bond acceptors (Lipinski definition) is 4. The lowest BCUT2D eigenvalue weighted by molar-refractivity contribution is -0.453. The molecule has 20 heavy (non-hydrogen) atoms. The van der Waals surface area contributed by atoms with Gasteiger partial charge < -0.3 is 9.47 Å². The molecular weight excluding hydrogens is 254 g/mol. The Morgan fingerprint density at radius 1 is 1.25 bits per heavy atom. The lowest BCUT2D eigenvalue weighted by atomic mass is 9.77. The van der Waals surface area contributed by atoms with Crippen molar-refractivity contribution < 1.29 is 14.2 Å². The second-order valence-electron chi connectivity index (χ2n) is 6.73. The van der Waals surface area contributed by atoms with Gasteiger partial charge in [-0.3, -0.25) is 4.74 Å². The van der Waals surface area contributed by atoms with Gasteiger partial charge in [0.25, 0.3) is 0 Å². The molecule has 110 valence electrons. The molecule has 0 aromatic heterocycles. The van der Waals surface area contributed by atoms with Crippen molar-refractivity contribution in [3.8, 4) is 17.9 Å². The van der Waals surface area contributed by atoms with Crippen LogP contribution in [0.4, 0.5) is 0 Å². The van der Waals surface area contributed by atoms with Gasteiger partial charge in [0, 0.05) is 5.41 Å². The van der Waals surface area contributed by atoms with Crippen molar-refractivity contribution in [3.63, 3.8) is 0 Å². The second-order valence-corrected chi connectivity index (χ2v) is 6.73. The Kier molecular flexibility index (Phi) is 4.12. The molecule has 3 aliphatic heterocycles.